The quantitative estimate of drug-likeness (QED) is 0.921. The van der Waals surface area contributed by atoms with Crippen LogP contribution in [0.1, 0.15) is 35.4 Å². The van der Waals surface area contributed by atoms with E-state index >= 15 is 0 Å². The minimum absolute atomic E-state index is 0.718. The zero-order valence-corrected chi connectivity index (χ0v) is 13.8. The lowest BCUT2D eigenvalue weighted by atomic mass is 10.1. The number of aryl methyl sites for hydroxylation is 2. The number of nitrogens with one attached hydrogen (secondary N) is 1. The molecule has 0 radical (unpaired) electrons. The molecule has 0 atom stereocenters. The normalized spacial score (nSPS) is 14.8. The topological polar surface area (TPSA) is 29.9 Å². The van der Waals surface area contributed by atoms with Crippen molar-refractivity contribution >= 4 is 15.9 Å². The predicted molar refractivity (Wildman–Crippen MR) is 85.3 cm³/mol. The molecule has 1 fully saturated rings. The van der Waals surface area contributed by atoms with Gasteiger partial charge in [0.25, 0.3) is 0 Å². The van der Waals surface area contributed by atoms with Gasteiger partial charge in [0.05, 0.1) is 21.5 Å². The second-order valence-electron chi connectivity index (χ2n) is 5.68. The van der Waals surface area contributed by atoms with Crippen molar-refractivity contribution in [2.45, 2.75) is 46.2 Å². The molecule has 0 saturated heterocycles. The summed E-state index contributed by atoms with van der Waals surface area (Å²) in [5.41, 5.74) is 5.97. The number of hydrogen-bond donors (Lipinski definition) is 1. The van der Waals surface area contributed by atoms with E-state index in [2.05, 4.69) is 58.4 Å². The van der Waals surface area contributed by atoms with Crippen LogP contribution in [0.25, 0.3) is 5.69 Å². The van der Waals surface area contributed by atoms with E-state index in [4.69, 9.17) is 0 Å². The third-order valence-electron chi connectivity index (χ3n) is 3.82. The molecule has 0 bridgehead atoms. The molecule has 0 unspecified atom stereocenters. The summed E-state index contributed by atoms with van der Waals surface area (Å²) >= 11 is 3.61. The first-order valence-corrected chi connectivity index (χ1v) is 7.90. The van der Waals surface area contributed by atoms with Gasteiger partial charge in [-0.1, -0.05) is 17.7 Å². The van der Waals surface area contributed by atoms with E-state index < -0.39 is 0 Å². The van der Waals surface area contributed by atoms with Crippen molar-refractivity contribution in [2.24, 2.45) is 0 Å². The Balaban J connectivity index is 2.00. The SMILES string of the molecule is Cc1ccc(-n2nc(C)c(Br)c2C)c(CNC2CC2)c1. The number of benzene rings is 1. The van der Waals surface area contributed by atoms with E-state index in [0.717, 1.165) is 28.4 Å². The molecule has 2 aromatic rings. The van der Waals surface area contributed by atoms with Crippen LogP contribution in [0.3, 0.4) is 0 Å². The highest BCUT2D eigenvalue weighted by molar-refractivity contribution is 9.10. The fraction of sp³-hybridized carbons (Fsp3) is 0.438. The Bertz CT molecular complexity index is 641. The Morgan fingerprint density at radius 3 is 2.65 bits per heavy atom. The van der Waals surface area contributed by atoms with Crippen LogP contribution in [0.15, 0.2) is 22.7 Å². The van der Waals surface area contributed by atoms with E-state index in [0.29, 0.717) is 0 Å². The molecule has 1 saturated carbocycles. The van der Waals surface area contributed by atoms with Gasteiger partial charge in [0.1, 0.15) is 0 Å². The number of rotatable bonds is 4. The van der Waals surface area contributed by atoms with Crippen LogP contribution in [-0.4, -0.2) is 15.8 Å². The molecule has 3 rings (SSSR count). The van der Waals surface area contributed by atoms with Crippen LogP contribution in [0, 0.1) is 20.8 Å². The molecule has 3 nitrogen and oxygen atoms in total. The summed E-state index contributed by atoms with van der Waals surface area (Å²) < 4.78 is 3.14. The maximum Gasteiger partial charge on any atom is 0.0743 e. The van der Waals surface area contributed by atoms with Crippen molar-refractivity contribution in [3.05, 3.63) is 45.2 Å². The molecule has 1 N–H and O–H groups in total. The summed E-state index contributed by atoms with van der Waals surface area (Å²) in [5, 5.41) is 8.25. The molecule has 4 heteroatoms. The van der Waals surface area contributed by atoms with Crippen molar-refractivity contribution in [3.63, 3.8) is 0 Å². The van der Waals surface area contributed by atoms with Gasteiger partial charge in [-0.15, -0.1) is 0 Å². The maximum atomic E-state index is 4.66. The van der Waals surface area contributed by atoms with E-state index in [1.54, 1.807) is 0 Å². The lowest BCUT2D eigenvalue weighted by molar-refractivity contribution is 0.679. The zero-order valence-electron chi connectivity index (χ0n) is 12.2. The fourth-order valence-corrected chi connectivity index (χ4v) is 2.71. The molecule has 1 aliphatic carbocycles. The summed E-state index contributed by atoms with van der Waals surface area (Å²) in [6, 6.07) is 7.30. The van der Waals surface area contributed by atoms with Crippen LogP contribution in [0.2, 0.25) is 0 Å². The highest BCUT2D eigenvalue weighted by Crippen LogP contribution is 2.26. The van der Waals surface area contributed by atoms with E-state index in [1.165, 1.54) is 29.7 Å². The lowest BCUT2D eigenvalue weighted by Crippen LogP contribution is -2.17. The van der Waals surface area contributed by atoms with E-state index in [9.17, 15) is 0 Å². The van der Waals surface area contributed by atoms with Gasteiger partial charge >= 0.3 is 0 Å². The largest absolute Gasteiger partial charge is 0.310 e. The molecular weight excluding hydrogens is 314 g/mol. The van der Waals surface area contributed by atoms with E-state index in [1.807, 2.05) is 11.6 Å². The Kier molecular flexibility index (Phi) is 3.69. The highest BCUT2D eigenvalue weighted by Gasteiger charge is 2.21. The Morgan fingerprint density at radius 1 is 1.30 bits per heavy atom. The van der Waals surface area contributed by atoms with Crippen molar-refractivity contribution in [3.8, 4) is 5.69 Å². The third-order valence-corrected chi connectivity index (χ3v) is 4.97. The number of nitrogens with zero attached hydrogens (tertiary/aromatic N) is 2. The summed E-state index contributed by atoms with van der Waals surface area (Å²) in [5.74, 6) is 0. The number of halogens is 1. The summed E-state index contributed by atoms with van der Waals surface area (Å²) in [4.78, 5) is 0. The van der Waals surface area contributed by atoms with Crippen LogP contribution in [-0.2, 0) is 6.54 Å². The fourth-order valence-electron chi connectivity index (χ4n) is 2.46. The second kappa shape index (κ2) is 5.34. The molecule has 1 heterocycles. The van der Waals surface area contributed by atoms with Gasteiger partial charge in [-0.2, -0.15) is 5.10 Å². The van der Waals surface area contributed by atoms with Gasteiger partial charge in [0.15, 0.2) is 0 Å². The molecule has 0 aliphatic heterocycles. The molecule has 0 amide bonds. The average Bonchev–Trinajstić information content (AvgIpc) is 3.21. The Morgan fingerprint density at radius 2 is 2.05 bits per heavy atom. The molecule has 1 aliphatic rings. The van der Waals surface area contributed by atoms with Crippen molar-refractivity contribution in [1.29, 1.82) is 0 Å². The molecular formula is C16H20BrN3. The smallest absolute Gasteiger partial charge is 0.0743 e. The van der Waals surface area contributed by atoms with Gasteiger partial charge in [-0.05, 0) is 61.2 Å². The first-order valence-electron chi connectivity index (χ1n) is 7.11. The van der Waals surface area contributed by atoms with Crippen molar-refractivity contribution in [2.75, 3.05) is 0 Å². The number of aromatic nitrogens is 2. The number of hydrogen-bond acceptors (Lipinski definition) is 2. The van der Waals surface area contributed by atoms with Crippen LogP contribution in [0.4, 0.5) is 0 Å². The average molecular weight is 334 g/mol. The maximum absolute atomic E-state index is 4.66. The van der Waals surface area contributed by atoms with Crippen molar-refractivity contribution < 1.29 is 0 Å². The first kappa shape index (κ1) is 13.8. The van der Waals surface area contributed by atoms with Gasteiger partial charge in [0.2, 0.25) is 0 Å². The monoisotopic (exact) mass is 333 g/mol. The minimum Gasteiger partial charge on any atom is -0.310 e. The lowest BCUT2D eigenvalue weighted by Gasteiger charge is -2.13. The van der Waals surface area contributed by atoms with Crippen LogP contribution >= 0.6 is 15.9 Å². The molecule has 0 spiro atoms. The predicted octanol–water partition coefficient (Wildman–Crippen LogP) is 3.81. The summed E-state index contributed by atoms with van der Waals surface area (Å²) in [6.45, 7) is 7.19. The zero-order chi connectivity index (χ0) is 14.3. The van der Waals surface area contributed by atoms with Gasteiger partial charge in [-0.25, -0.2) is 4.68 Å². The summed E-state index contributed by atoms with van der Waals surface area (Å²) in [6.07, 6.45) is 2.62. The van der Waals surface area contributed by atoms with Gasteiger partial charge in [0, 0.05) is 12.6 Å². The first-order chi connectivity index (χ1) is 9.56. The standard InChI is InChI=1S/C16H20BrN3/c1-10-4-7-15(13(8-10)9-18-14-5-6-14)20-12(3)16(17)11(2)19-20/h4,7-8,14,18H,5-6,9H2,1-3H3. The molecule has 1 aromatic heterocycles. The Labute approximate surface area is 128 Å². The third kappa shape index (κ3) is 2.67. The van der Waals surface area contributed by atoms with Gasteiger partial charge < -0.3 is 5.32 Å². The minimum atomic E-state index is 0.718. The van der Waals surface area contributed by atoms with Gasteiger partial charge in [-0.3, -0.25) is 0 Å². The summed E-state index contributed by atoms with van der Waals surface area (Å²) in [7, 11) is 0. The molecule has 1 aromatic carbocycles. The van der Waals surface area contributed by atoms with Crippen LogP contribution < -0.4 is 5.32 Å². The highest BCUT2D eigenvalue weighted by atomic mass is 79.9. The molecule has 106 valence electrons. The van der Waals surface area contributed by atoms with E-state index in [-0.39, 0.29) is 0 Å². The van der Waals surface area contributed by atoms with Crippen molar-refractivity contribution in [1.82, 2.24) is 15.1 Å². The van der Waals surface area contributed by atoms with Crippen LogP contribution in [0.5, 0.6) is 0 Å². The molecule has 20 heavy (non-hydrogen) atoms. The second-order valence-corrected chi connectivity index (χ2v) is 6.48. The Hall–Kier alpha value is -1.13.